The van der Waals surface area contributed by atoms with E-state index in [0.29, 0.717) is 11.0 Å². The van der Waals surface area contributed by atoms with Gasteiger partial charge in [0.15, 0.2) is 5.11 Å². The van der Waals surface area contributed by atoms with Crippen LogP contribution in [0.5, 0.6) is 0 Å². The molecule has 1 aliphatic carbocycles. The van der Waals surface area contributed by atoms with Crippen LogP contribution >= 0.6 is 12.2 Å². The Hall–Kier alpha value is -1.46. The molecule has 5 heteroatoms. The lowest BCUT2D eigenvalue weighted by atomic mass is 9.82. The number of hydrogen-bond acceptors (Lipinski definition) is 3. The van der Waals surface area contributed by atoms with Crippen molar-refractivity contribution in [3.63, 3.8) is 0 Å². The summed E-state index contributed by atoms with van der Waals surface area (Å²) in [6.07, 6.45) is 6.90. The van der Waals surface area contributed by atoms with Gasteiger partial charge in [0.25, 0.3) is 0 Å². The maximum atomic E-state index is 5.60. The molecule has 0 spiro atoms. The average molecular weight is 302 g/mol. The fourth-order valence-corrected chi connectivity index (χ4v) is 3.86. The Balaban J connectivity index is 2.07. The highest BCUT2D eigenvalue weighted by Gasteiger charge is 2.35. The second kappa shape index (κ2) is 6.12. The molecule has 0 atom stereocenters. The molecule has 4 rings (SSSR count). The Morgan fingerprint density at radius 2 is 2.10 bits per heavy atom. The quantitative estimate of drug-likeness (QED) is 0.474. The molecule has 1 aromatic rings. The highest BCUT2D eigenvalue weighted by atomic mass is 32.1. The zero-order chi connectivity index (χ0) is 14.8. The van der Waals surface area contributed by atoms with E-state index in [1.54, 1.807) is 0 Å². The summed E-state index contributed by atoms with van der Waals surface area (Å²) < 4.78 is 0. The monoisotopic (exact) mass is 302 g/mol. The van der Waals surface area contributed by atoms with Crippen molar-refractivity contribution >= 4 is 22.9 Å². The minimum Gasteiger partial charge on any atom is -0.321 e. The predicted molar refractivity (Wildman–Crippen MR) is 88.9 cm³/mol. The van der Waals surface area contributed by atoms with Gasteiger partial charge < -0.3 is 10.3 Å². The zero-order valence-corrected chi connectivity index (χ0v) is 13.2. The third kappa shape index (κ3) is 2.80. The second-order valence-corrected chi connectivity index (χ2v) is 6.39. The van der Waals surface area contributed by atoms with Gasteiger partial charge in [0.2, 0.25) is 0 Å². The third-order valence-electron chi connectivity index (χ3n) is 4.77. The van der Waals surface area contributed by atoms with E-state index in [0.717, 1.165) is 18.2 Å². The maximum Gasteiger partial charge on any atom is 0.187 e. The molecule has 3 heterocycles. The first-order valence-corrected chi connectivity index (χ1v) is 8.01. The molecule has 21 heavy (non-hydrogen) atoms. The van der Waals surface area contributed by atoms with E-state index in [4.69, 9.17) is 18.1 Å². The highest BCUT2D eigenvalue weighted by Crippen LogP contribution is 2.42. The van der Waals surface area contributed by atoms with Crippen molar-refractivity contribution in [3.05, 3.63) is 35.8 Å². The zero-order valence-electron chi connectivity index (χ0n) is 12.4. The first-order valence-electron chi connectivity index (χ1n) is 7.61. The molecule has 2 saturated heterocycles. The van der Waals surface area contributed by atoms with Crippen LogP contribution in [0.1, 0.15) is 38.3 Å². The fraction of sp³-hybridized carbons (Fsp3) is 0.500. The van der Waals surface area contributed by atoms with E-state index >= 15 is 0 Å². The molecule has 2 aliphatic heterocycles. The van der Waals surface area contributed by atoms with Crippen LogP contribution in [-0.2, 0) is 0 Å². The van der Waals surface area contributed by atoms with E-state index in [1.807, 2.05) is 18.3 Å². The van der Waals surface area contributed by atoms with Crippen LogP contribution < -0.4 is 11.3 Å². The number of fused-ring (bicyclic) bond motifs is 4. The smallest absolute Gasteiger partial charge is 0.187 e. The first kappa shape index (κ1) is 14.5. The summed E-state index contributed by atoms with van der Waals surface area (Å²) >= 11 is 5.45. The second-order valence-electron chi connectivity index (χ2n) is 6.00. The number of hydrazine groups is 1. The molecule has 112 valence electrons. The topological polar surface area (TPSA) is 54.2 Å². The van der Waals surface area contributed by atoms with Crippen molar-refractivity contribution < 1.29 is 0 Å². The van der Waals surface area contributed by atoms with Crippen molar-refractivity contribution in [2.45, 2.75) is 32.6 Å². The lowest BCUT2D eigenvalue weighted by molar-refractivity contribution is 0.332. The van der Waals surface area contributed by atoms with E-state index in [9.17, 15) is 0 Å². The molecule has 3 N–H and O–H groups in total. The van der Waals surface area contributed by atoms with E-state index in [-0.39, 0.29) is 0 Å². The van der Waals surface area contributed by atoms with Crippen molar-refractivity contribution in [2.24, 2.45) is 17.7 Å². The molecule has 0 amide bonds. The van der Waals surface area contributed by atoms with Crippen LogP contribution in [0.25, 0.3) is 5.57 Å². The Kier molecular flexibility index (Phi) is 4.22. The van der Waals surface area contributed by atoms with Gasteiger partial charge in [-0.3, -0.25) is 4.98 Å². The predicted octanol–water partition coefficient (Wildman–Crippen LogP) is 2.68. The number of nitrogens with two attached hydrogens (primary N) is 1. The van der Waals surface area contributed by atoms with Crippen LogP contribution in [0.15, 0.2) is 30.1 Å². The summed E-state index contributed by atoms with van der Waals surface area (Å²) in [5.41, 5.74) is 6.24. The number of allylic oxidation sites excluding steroid dienone is 2. The van der Waals surface area contributed by atoms with Gasteiger partial charge in [-0.25, -0.2) is 5.84 Å². The number of rotatable bonds is 1. The molecular weight excluding hydrogens is 280 g/mol. The largest absolute Gasteiger partial charge is 0.321 e. The number of nitrogens with zero attached hydrogens (tertiary/aromatic N) is 2. The summed E-state index contributed by atoms with van der Waals surface area (Å²) in [4.78, 5) is 6.72. The Morgan fingerprint density at radius 3 is 2.71 bits per heavy atom. The molecule has 3 aliphatic rings. The number of pyridine rings is 1. The van der Waals surface area contributed by atoms with Gasteiger partial charge in [0, 0.05) is 18.4 Å². The third-order valence-corrected chi connectivity index (χ3v) is 5.11. The van der Waals surface area contributed by atoms with Crippen LogP contribution in [0, 0.1) is 11.8 Å². The molecule has 0 aromatic carbocycles. The fourth-order valence-electron chi connectivity index (χ4n) is 3.69. The van der Waals surface area contributed by atoms with Crippen molar-refractivity contribution in [3.8, 4) is 0 Å². The van der Waals surface area contributed by atoms with E-state index in [2.05, 4.69) is 28.3 Å². The van der Waals surface area contributed by atoms with Gasteiger partial charge in [0.1, 0.15) is 0 Å². The van der Waals surface area contributed by atoms with Crippen molar-refractivity contribution in [2.75, 3.05) is 6.54 Å². The molecule has 0 unspecified atom stereocenters. The molecule has 2 bridgehead atoms. The van der Waals surface area contributed by atoms with E-state index in [1.165, 1.54) is 37.0 Å². The summed E-state index contributed by atoms with van der Waals surface area (Å²) in [6.45, 7) is 3.13. The minimum absolute atomic E-state index is 0.567. The number of hydrogen-bond donors (Lipinski definition) is 2. The first-order chi connectivity index (χ1) is 10.2. The molecular formula is C16H22N4S. The van der Waals surface area contributed by atoms with Gasteiger partial charge in [0.05, 0.1) is 5.69 Å². The van der Waals surface area contributed by atoms with Crippen molar-refractivity contribution in [1.29, 1.82) is 0 Å². The summed E-state index contributed by atoms with van der Waals surface area (Å²) in [6, 6.07) is 6.05. The number of aromatic nitrogens is 1. The van der Waals surface area contributed by atoms with Crippen LogP contribution in [-0.4, -0.2) is 21.5 Å². The summed E-state index contributed by atoms with van der Waals surface area (Å²) in [5.74, 6) is 6.89. The van der Waals surface area contributed by atoms with Gasteiger partial charge in [-0.05, 0) is 74.4 Å². The molecule has 1 saturated carbocycles. The average Bonchev–Trinajstić information content (AvgIpc) is 2.84. The number of thiocarbonyl (C=S) groups is 1. The summed E-state index contributed by atoms with van der Waals surface area (Å²) in [5, 5.41) is 0.624. The van der Waals surface area contributed by atoms with Gasteiger partial charge in [-0.15, -0.1) is 0 Å². The molecule has 3 fully saturated rings. The van der Waals surface area contributed by atoms with Gasteiger partial charge in [-0.2, -0.15) is 0 Å². The Labute approximate surface area is 131 Å². The molecule has 0 radical (unpaired) electrons. The normalized spacial score (nSPS) is 27.2. The molecule has 4 nitrogen and oxygen atoms in total. The lowest BCUT2D eigenvalue weighted by Crippen LogP contribution is -2.44. The molecule has 1 aromatic heterocycles. The van der Waals surface area contributed by atoms with Crippen LogP contribution in [0.3, 0.4) is 0 Å². The Bertz CT molecular complexity index is 547. The van der Waals surface area contributed by atoms with Crippen LogP contribution in [0.4, 0.5) is 0 Å². The SMILES string of the molecule is C/C(=C1/C2CCC(CC2)CN1C(=S)NN)c1ccccn1. The minimum atomic E-state index is 0.567. The Morgan fingerprint density at radius 1 is 1.33 bits per heavy atom. The van der Waals surface area contributed by atoms with Gasteiger partial charge >= 0.3 is 0 Å². The summed E-state index contributed by atoms with van der Waals surface area (Å²) in [7, 11) is 0. The van der Waals surface area contributed by atoms with Crippen molar-refractivity contribution in [1.82, 2.24) is 15.3 Å². The number of nitrogens with one attached hydrogen (secondary N) is 1. The van der Waals surface area contributed by atoms with E-state index < -0.39 is 0 Å². The van der Waals surface area contributed by atoms with Crippen LogP contribution in [0.2, 0.25) is 0 Å². The highest BCUT2D eigenvalue weighted by molar-refractivity contribution is 7.80. The lowest BCUT2D eigenvalue weighted by Gasteiger charge is -2.30. The standard InChI is InChI=1S/C16H22N4S/c1-11(14-4-2-3-9-18-14)15-13-7-5-12(6-8-13)10-20(15)16(21)19-17/h2-4,9,12-13H,5-8,10,17H2,1H3,(H,19,21)/b15-11+. The maximum absolute atomic E-state index is 5.60. The van der Waals surface area contributed by atoms with Gasteiger partial charge in [-0.1, -0.05) is 6.07 Å².